The molecule has 0 aromatic heterocycles. The maximum absolute atomic E-state index is 12.1. The molecule has 0 unspecified atom stereocenters. The molecule has 0 heterocycles. The topological polar surface area (TPSA) is 38.7 Å². The van der Waals surface area contributed by atoms with Gasteiger partial charge in [-0.15, -0.1) is 0 Å². The third-order valence-electron chi connectivity index (χ3n) is 2.56. The molecule has 1 N–H and O–H groups in total. The van der Waals surface area contributed by atoms with Gasteiger partial charge in [0.25, 0.3) is 0 Å². The van der Waals surface area contributed by atoms with Crippen LogP contribution in [0.2, 0.25) is 10.0 Å². The normalized spacial score (nSPS) is 12.5. The predicted octanol–water partition coefficient (Wildman–Crippen LogP) is 5.56. The van der Waals surface area contributed by atoms with Crippen LogP contribution in [-0.4, -0.2) is 31.1 Å². The zero-order valence-corrected chi connectivity index (χ0v) is 14.1. The van der Waals surface area contributed by atoms with Crippen molar-refractivity contribution in [2.24, 2.45) is 0 Å². The van der Waals surface area contributed by atoms with Gasteiger partial charge in [0, 0.05) is 18.7 Å². The molecule has 0 radical (unpaired) electrons. The molecule has 130 valence electrons. The molecule has 0 spiro atoms. The van der Waals surface area contributed by atoms with Gasteiger partial charge in [0.15, 0.2) is 5.75 Å². The Morgan fingerprint density at radius 2 is 1.70 bits per heavy atom. The van der Waals surface area contributed by atoms with Crippen molar-refractivity contribution in [1.82, 2.24) is 0 Å². The molecule has 1 rings (SSSR count). The number of hydrogen-bond acceptors (Lipinski definition) is 3. The number of rotatable bonds is 8. The molecule has 3 nitrogen and oxygen atoms in total. The summed E-state index contributed by atoms with van der Waals surface area (Å²) in [5.41, 5.74) is 0. The van der Waals surface area contributed by atoms with Crippen LogP contribution in [0.3, 0.4) is 0 Å². The Labute approximate surface area is 146 Å². The van der Waals surface area contributed by atoms with Crippen molar-refractivity contribution in [2.45, 2.75) is 19.0 Å². The second-order valence-corrected chi connectivity index (χ2v) is 5.64. The summed E-state index contributed by atoms with van der Waals surface area (Å²) in [4.78, 5) is 0. The average Bonchev–Trinajstić information content (AvgIpc) is 2.42. The van der Waals surface area contributed by atoms with Crippen LogP contribution < -0.4 is 4.74 Å². The highest BCUT2D eigenvalue weighted by Gasteiger charge is 2.31. The van der Waals surface area contributed by atoms with Crippen LogP contribution in [0.1, 0.15) is 12.8 Å². The largest absolute Gasteiger partial charge is 0.508 e. The maximum atomic E-state index is 12.1. The molecule has 23 heavy (non-hydrogen) atoms. The number of phenolic OH excluding ortho intramolecular Hbond substituents is 1. The summed E-state index contributed by atoms with van der Waals surface area (Å²) >= 11 is 16.8. The van der Waals surface area contributed by atoms with Gasteiger partial charge in [0.1, 0.15) is 10.8 Å². The van der Waals surface area contributed by atoms with E-state index in [2.05, 4.69) is 0 Å². The number of benzene rings is 1. The van der Waals surface area contributed by atoms with Gasteiger partial charge in [-0.05, 0) is 18.9 Å². The van der Waals surface area contributed by atoms with Gasteiger partial charge in [0.2, 0.25) is 0 Å². The lowest BCUT2D eigenvalue weighted by atomic mass is 10.3. The number of phenols is 1. The van der Waals surface area contributed by atoms with Gasteiger partial charge in [-0.25, -0.2) is 0 Å². The first-order chi connectivity index (χ1) is 10.7. The molecule has 1 aromatic rings. The molecule has 0 saturated heterocycles. The first-order valence-corrected chi connectivity index (χ1v) is 7.66. The molecule has 0 amide bonds. The Hall–Kier alpha value is -0.820. The van der Waals surface area contributed by atoms with Crippen molar-refractivity contribution in [3.05, 3.63) is 33.3 Å². The minimum atomic E-state index is -4.54. The third-order valence-corrected chi connectivity index (χ3v) is 3.49. The van der Waals surface area contributed by atoms with Crippen molar-refractivity contribution in [3.8, 4) is 11.5 Å². The Morgan fingerprint density at radius 1 is 1.13 bits per heavy atom. The zero-order chi connectivity index (χ0) is 17.5. The number of ether oxygens (including phenoxy) is 2. The van der Waals surface area contributed by atoms with Crippen LogP contribution >= 0.6 is 34.8 Å². The number of aromatic hydroxyl groups is 1. The van der Waals surface area contributed by atoms with E-state index in [4.69, 9.17) is 44.3 Å². The second kappa shape index (κ2) is 9.47. The van der Waals surface area contributed by atoms with E-state index in [1.165, 1.54) is 12.1 Å². The molecule has 0 bridgehead atoms. The van der Waals surface area contributed by atoms with Gasteiger partial charge in [-0.2, -0.15) is 13.2 Å². The number of unbranched alkanes of at least 4 members (excludes halogenated alkanes) is 1. The molecule has 0 aliphatic carbocycles. The number of hydrogen-bond donors (Lipinski definition) is 1. The highest BCUT2D eigenvalue weighted by molar-refractivity contribution is 6.37. The predicted molar refractivity (Wildman–Crippen MR) is 83.7 cm³/mol. The van der Waals surface area contributed by atoms with Crippen LogP contribution in [0.5, 0.6) is 11.5 Å². The van der Waals surface area contributed by atoms with Gasteiger partial charge in [-0.3, -0.25) is 0 Å². The van der Waals surface area contributed by atoms with E-state index in [1.807, 2.05) is 0 Å². The third kappa shape index (κ3) is 7.52. The van der Waals surface area contributed by atoms with Gasteiger partial charge < -0.3 is 14.6 Å². The maximum Gasteiger partial charge on any atom is 0.426 e. The fraction of sp³-hybridized carbons (Fsp3) is 0.429. The molecule has 1 aromatic carbocycles. The molecule has 0 aliphatic heterocycles. The summed E-state index contributed by atoms with van der Waals surface area (Å²) in [6.07, 6.45) is -2.61. The van der Waals surface area contributed by atoms with E-state index in [0.29, 0.717) is 19.4 Å². The fourth-order valence-electron chi connectivity index (χ4n) is 1.50. The summed E-state index contributed by atoms with van der Waals surface area (Å²) in [5.74, 6) is 0.207. The van der Waals surface area contributed by atoms with Crippen LogP contribution in [0.15, 0.2) is 23.2 Å². The van der Waals surface area contributed by atoms with E-state index >= 15 is 0 Å². The standard InChI is InChI=1S/C14H14Cl3F3O3/c15-10-7-9(21)8-11(16)13(10)23-5-2-1-4-22-6-3-12(17)14(18,19)20/h3,7-8,21H,1-2,4-6H2. The van der Waals surface area contributed by atoms with Crippen LogP contribution in [0, 0.1) is 0 Å². The van der Waals surface area contributed by atoms with Crippen molar-refractivity contribution < 1.29 is 27.8 Å². The first kappa shape index (κ1) is 20.2. The van der Waals surface area contributed by atoms with E-state index in [0.717, 1.165) is 6.08 Å². The Balaban J connectivity index is 2.20. The average molecular weight is 394 g/mol. The Bertz CT molecular complexity index is 525. The van der Waals surface area contributed by atoms with E-state index in [-0.39, 0.29) is 34.8 Å². The molecular formula is C14H14Cl3F3O3. The monoisotopic (exact) mass is 392 g/mol. The quantitative estimate of drug-likeness (QED) is 0.588. The highest BCUT2D eigenvalue weighted by Crippen LogP contribution is 2.36. The van der Waals surface area contributed by atoms with E-state index < -0.39 is 11.2 Å². The lowest BCUT2D eigenvalue weighted by Gasteiger charge is -2.10. The molecular weight excluding hydrogens is 380 g/mol. The number of allylic oxidation sites excluding steroid dienone is 1. The SMILES string of the molecule is Oc1cc(Cl)c(OCCCCOCC=C(Cl)C(F)(F)F)c(Cl)c1. The smallest absolute Gasteiger partial charge is 0.426 e. The molecule has 0 atom stereocenters. The van der Waals surface area contributed by atoms with Crippen molar-refractivity contribution in [2.75, 3.05) is 19.8 Å². The van der Waals surface area contributed by atoms with Crippen molar-refractivity contribution in [3.63, 3.8) is 0 Å². The summed E-state index contributed by atoms with van der Waals surface area (Å²) in [5, 5.41) is 8.46. The molecule has 9 heteroatoms. The highest BCUT2D eigenvalue weighted by atomic mass is 35.5. The fourth-order valence-corrected chi connectivity index (χ4v) is 2.14. The van der Waals surface area contributed by atoms with Crippen molar-refractivity contribution in [1.29, 1.82) is 0 Å². The van der Waals surface area contributed by atoms with Crippen LogP contribution in [0.4, 0.5) is 13.2 Å². The van der Waals surface area contributed by atoms with Crippen LogP contribution in [-0.2, 0) is 4.74 Å². The summed E-state index contributed by atoms with van der Waals surface area (Å²) < 4.78 is 46.6. The summed E-state index contributed by atoms with van der Waals surface area (Å²) in [7, 11) is 0. The second-order valence-electron chi connectivity index (χ2n) is 4.42. The van der Waals surface area contributed by atoms with Crippen molar-refractivity contribution >= 4 is 34.8 Å². The summed E-state index contributed by atoms with van der Waals surface area (Å²) in [6.45, 7) is 0.348. The minimum Gasteiger partial charge on any atom is -0.508 e. The summed E-state index contributed by atoms with van der Waals surface area (Å²) in [6, 6.07) is 2.62. The van der Waals surface area contributed by atoms with Gasteiger partial charge in [0.05, 0.1) is 23.3 Å². The number of alkyl halides is 3. The molecule has 0 saturated carbocycles. The van der Waals surface area contributed by atoms with Crippen LogP contribution in [0.25, 0.3) is 0 Å². The van der Waals surface area contributed by atoms with E-state index in [9.17, 15) is 18.3 Å². The minimum absolute atomic E-state index is 0.0636. The first-order valence-electron chi connectivity index (χ1n) is 6.53. The number of halogens is 6. The Kier molecular flexibility index (Phi) is 8.33. The lowest BCUT2D eigenvalue weighted by molar-refractivity contribution is -0.0850. The van der Waals surface area contributed by atoms with E-state index in [1.54, 1.807) is 0 Å². The molecule has 0 fully saturated rings. The lowest BCUT2D eigenvalue weighted by Crippen LogP contribution is -2.08. The molecule has 0 aliphatic rings. The van der Waals surface area contributed by atoms with Gasteiger partial charge >= 0.3 is 6.18 Å². The van der Waals surface area contributed by atoms with Gasteiger partial charge in [-0.1, -0.05) is 34.8 Å². The zero-order valence-electron chi connectivity index (χ0n) is 11.8. The Morgan fingerprint density at radius 3 is 2.26 bits per heavy atom.